The van der Waals surface area contributed by atoms with Crippen LogP contribution in [0.2, 0.25) is 0 Å². The minimum absolute atomic E-state index is 0.0492. The van der Waals surface area contributed by atoms with Crippen LogP contribution in [-0.4, -0.2) is 26.5 Å². The number of nitrogens with one attached hydrogen (secondary N) is 2. The molecule has 24 heavy (non-hydrogen) atoms. The molecule has 4 aliphatic carbocycles. The highest BCUT2D eigenvalue weighted by Gasteiger charge is 2.56. The Hall–Kier alpha value is -1.44. The average Bonchev–Trinajstić information content (AvgIpc) is 2.46. The first-order valence-corrected chi connectivity index (χ1v) is 9.06. The number of carbonyl (C=O) groups is 1. The molecular formula is C16H19BrFN3O3. The first kappa shape index (κ1) is 16.1. The monoisotopic (exact) mass is 399 g/mol. The number of nitrogens with zero attached hydrogens (tertiary/aromatic N) is 1. The lowest BCUT2D eigenvalue weighted by atomic mass is 9.49. The molecule has 2 N–H and O–H groups in total. The van der Waals surface area contributed by atoms with Crippen molar-refractivity contribution >= 4 is 22.0 Å². The second-order valence-electron chi connectivity index (χ2n) is 7.88. The Morgan fingerprint density at radius 3 is 2.62 bits per heavy atom. The molecule has 4 bridgehead atoms. The summed E-state index contributed by atoms with van der Waals surface area (Å²) in [5, 5.41) is 2.78. The summed E-state index contributed by atoms with van der Waals surface area (Å²) in [7, 11) is 0. The van der Waals surface area contributed by atoms with Crippen LogP contribution >= 0.6 is 15.9 Å². The Balaban J connectivity index is 1.51. The summed E-state index contributed by atoms with van der Waals surface area (Å²) >= 11 is 3.92. The number of amides is 1. The van der Waals surface area contributed by atoms with Crippen molar-refractivity contribution in [2.24, 2.45) is 17.3 Å². The molecular weight excluding hydrogens is 381 g/mol. The highest BCUT2D eigenvalue weighted by atomic mass is 79.9. The molecule has 1 amide bonds. The first-order chi connectivity index (χ1) is 11.3. The molecule has 0 saturated heterocycles. The molecule has 0 aliphatic heterocycles. The van der Waals surface area contributed by atoms with Crippen molar-refractivity contribution in [1.29, 1.82) is 0 Å². The van der Waals surface area contributed by atoms with E-state index in [1.165, 1.54) is 19.3 Å². The number of aromatic amines is 1. The van der Waals surface area contributed by atoms with Gasteiger partial charge in [-0.3, -0.25) is 9.78 Å². The van der Waals surface area contributed by atoms with Crippen LogP contribution in [0.1, 0.15) is 38.5 Å². The molecule has 4 aliphatic rings. The Labute approximate surface area is 146 Å². The third-order valence-corrected chi connectivity index (χ3v) is 6.77. The van der Waals surface area contributed by atoms with E-state index in [2.05, 4.69) is 21.2 Å². The van der Waals surface area contributed by atoms with Gasteiger partial charge in [-0.25, -0.2) is 14.2 Å². The lowest BCUT2D eigenvalue weighted by Crippen LogP contribution is -2.57. The quantitative estimate of drug-likeness (QED) is 0.745. The zero-order valence-corrected chi connectivity index (χ0v) is 14.7. The summed E-state index contributed by atoms with van der Waals surface area (Å²) in [4.78, 5) is 36.8. The van der Waals surface area contributed by atoms with Gasteiger partial charge >= 0.3 is 11.7 Å². The number of rotatable bonds is 2. The molecule has 8 heteroatoms. The fourth-order valence-electron chi connectivity index (χ4n) is 5.49. The van der Waals surface area contributed by atoms with E-state index in [0.717, 1.165) is 19.3 Å². The normalized spacial score (nSPS) is 36.8. The van der Waals surface area contributed by atoms with Crippen molar-refractivity contribution in [2.75, 3.05) is 6.54 Å². The second kappa shape index (κ2) is 5.28. The predicted molar refractivity (Wildman–Crippen MR) is 88.9 cm³/mol. The number of hydrogen-bond acceptors (Lipinski definition) is 3. The van der Waals surface area contributed by atoms with Gasteiger partial charge in [-0.2, -0.15) is 4.39 Å². The molecule has 2 unspecified atom stereocenters. The van der Waals surface area contributed by atoms with Gasteiger partial charge in [0.2, 0.25) is 5.82 Å². The molecule has 1 heterocycles. The van der Waals surface area contributed by atoms with Crippen LogP contribution in [0.25, 0.3) is 0 Å². The maximum atomic E-state index is 13.3. The van der Waals surface area contributed by atoms with Gasteiger partial charge in [-0.15, -0.1) is 0 Å². The SMILES string of the molecule is O=C(NCC12CC3CC(CC(Br)(C3)C1)C2)n1cc(F)c(=O)[nH]c1=O. The molecule has 2 atom stereocenters. The Morgan fingerprint density at radius 1 is 1.33 bits per heavy atom. The van der Waals surface area contributed by atoms with Gasteiger partial charge in [0.05, 0.1) is 6.20 Å². The molecule has 1 aromatic heterocycles. The number of hydrogen-bond donors (Lipinski definition) is 2. The molecule has 0 aromatic carbocycles. The van der Waals surface area contributed by atoms with E-state index < -0.39 is 23.1 Å². The van der Waals surface area contributed by atoms with Gasteiger partial charge in [0, 0.05) is 10.9 Å². The summed E-state index contributed by atoms with van der Waals surface area (Å²) < 4.78 is 14.1. The molecule has 0 spiro atoms. The van der Waals surface area contributed by atoms with Crippen LogP contribution in [0.4, 0.5) is 9.18 Å². The molecule has 0 radical (unpaired) electrons. The summed E-state index contributed by atoms with van der Waals surface area (Å²) in [5.74, 6) is 0.227. The lowest BCUT2D eigenvalue weighted by Gasteiger charge is -2.60. The van der Waals surface area contributed by atoms with Crippen LogP contribution in [0.5, 0.6) is 0 Å². The van der Waals surface area contributed by atoms with Gasteiger partial charge in [-0.05, 0) is 55.8 Å². The highest BCUT2D eigenvalue weighted by Crippen LogP contribution is 2.64. The van der Waals surface area contributed by atoms with E-state index in [4.69, 9.17) is 0 Å². The maximum absolute atomic E-state index is 13.3. The second-order valence-corrected chi connectivity index (χ2v) is 9.56. The van der Waals surface area contributed by atoms with Crippen LogP contribution < -0.4 is 16.6 Å². The van der Waals surface area contributed by atoms with Crippen LogP contribution in [0, 0.1) is 23.1 Å². The van der Waals surface area contributed by atoms with Crippen molar-refractivity contribution < 1.29 is 9.18 Å². The number of alkyl halides is 1. The third kappa shape index (κ3) is 2.64. The molecule has 1 aromatic rings. The van der Waals surface area contributed by atoms with Crippen molar-refractivity contribution in [3.05, 3.63) is 32.9 Å². The van der Waals surface area contributed by atoms with Crippen LogP contribution in [0.3, 0.4) is 0 Å². The number of aromatic nitrogens is 2. The minimum atomic E-state index is -1.15. The number of halogens is 2. The zero-order chi connectivity index (χ0) is 17.1. The third-order valence-electron chi connectivity index (χ3n) is 5.84. The van der Waals surface area contributed by atoms with E-state index in [1.54, 1.807) is 4.98 Å². The Kier molecular flexibility index (Phi) is 3.53. The fraction of sp³-hybridized carbons (Fsp3) is 0.688. The van der Waals surface area contributed by atoms with Gasteiger partial charge in [0.25, 0.3) is 5.56 Å². The van der Waals surface area contributed by atoms with Crippen molar-refractivity contribution in [1.82, 2.24) is 14.9 Å². The highest BCUT2D eigenvalue weighted by molar-refractivity contribution is 9.10. The largest absolute Gasteiger partial charge is 0.337 e. The van der Waals surface area contributed by atoms with E-state index in [0.29, 0.717) is 29.1 Å². The summed E-state index contributed by atoms with van der Waals surface area (Å²) in [5.41, 5.74) is -2.00. The Morgan fingerprint density at radius 2 is 2.00 bits per heavy atom. The summed E-state index contributed by atoms with van der Waals surface area (Å²) in [6.07, 6.45) is 7.50. The van der Waals surface area contributed by atoms with E-state index in [-0.39, 0.29) is 9.74 Å². The zero-order valence-electron chi connectivity index (χ0n) is 13.1. The summed E-state index contributed by atoms with van der Waals surface area (Å²) in [6, 6.07) is -0.700. The molecule has 5 rings (SSSR count). The smallest absolute Gasteiger partial charge is 0.336 e. The number of carbonyl (C=O) groups excluding carboxylic acids is 1. The van der Waals surface area contributed by atoms with Crippen molar-refractivity contribution in [3.8, 4) is 0 Å². The predicted octanol–water partition coefficient (Wildman–Crippen LogP) is 1.97. The van der Waals surface area contributed by atoms with E-state index in [1.807, 2.05) is 0 Å². The molecule has 4 fully saturated rings. The lowest BCUT2D eigenvalue weighted by molar-refractivity contribution is -0.0321. The molecule has 6 nitrogen and oxygen atoms in total. The topological polar surface area (TPSA) is 84.0 Å². The Bertz CT molecular complexity index is 804. The number of H-pyrrole nitrogens is 1. The molecule has 4 saturated carbocycles. The first-order valence-electron chi connectivity index (χ1n) is 8.26. The standard InChI is InChI=1S/C16H19BrFN3O3/c17-16-4-9-1-10(5-16)3-15(2-9,7-16)8-19-13(23)21-6-11(18)12(22)20-14(21)24/h6,9-10H,1-5,7-8H2,(H,19,23)(H,20,22,24). The molecule has 130 valence electrons. The van der Waals surface area contributed by atoms with Gasteiger partial charge in [-0.1, -0.05) is 15.9 Å². The van der Waals surface area contributed by atoms with Crippen molar-refractivity contribution in [2.45, 2.75) is 42.8 Å². The van der Waals surface area contributed by atoms with E-state index >= 15 is 0 Å². The average molecular weight is 400 g/mol. The van der Waals surface area contributed by atoms with Gasteiger partial charge < -0.3 is 5.32 Å². The maximum Gasteiger partial charge on any atom is 0.336 e. The van der Waals surface area contributed by atoms with E-state index in [9.17, 15) is 18.8 Å². The summed E-state index contributed by atoms with van der Waals surface area (Å²) in [6.45, 7) is 0.472. The van der Waals surface area contributed by atoms with Crippen molar-refractivity contribution in [3.63, 3.8) is 0 Å². The van der Waals surface area contributed by atoms with Crippen LogP contribution in [0.15, 0.2) is 15.8 Å². The van der Waals surface area contributed by atoms with Gasteiger partial charge in [0.15, 0.2) is 0 Å². The van der Waals surface area contributed by atoms with Crippen LogP contribution in [-0.2, 0) is 0 Å². The van der Waals surface area contributed by atoms with Gasteiger partial charge in [0.1, 0.15) is 0 Å². The fourth-order valence-corrected chi connectivity index (χ4v) is 7.00. The minimum Gasteiger partial charge on any atom is -0.337 e.